The van der Waals surface area contributed by atoms with Crippen molar-refractivity contribution in [1.29, 1.82) is 0 Å². The fourth-order valence-electron chi connectivity index (χ4n) is 2.13. The van der Waals surface area contributed by atoms with Crippen molar-refractivity contribution in [2.24, 2.45) is 0 Å². The number of nitrogens with one attached hydrogen (secondary N) is 2. The highest BCUT2D eigenvalue weighted by Crippen LogP contribution is 2.08. The smallest absolute Gasteiger partial charge is 0.320 e. The van der Waals surface area contributed by atoms with Crippen molar-refractivity contribution in [3.8, 4) is 0 Å². The Bertz CT molecular complexity index is 634. The zero-order valence-corrected chi connectivity index (χ0v) is 12.5. The minimum Gasteiger partial charge on any atom is -0.481 e. The lowest BCUT2D eigenvalue weighted by atomic mass is 10.0. The van der Waals surface area contributed by atoms with Gasteiger partial charge in [0.25, 0.3) is 0 Å². The molecule has 0 radical (unpaired) electrons. The number of carboxylic acids is 1. The highest BCUT2D eigenvalue weighted by Gasteiger charge is 2.15. The molecule has 7 heteroatoms. The highest BCUT2D eigenvalue weighted by atomic mass is 16.4. The average molecular weight is 314 g/mol. The van der Waals surface area contributed by atoms with E-state index in [0.29, 0.717) is 18.7 Å². The Morgan fingerprint density at radius 1 is 1.13 bits per heavy atom. The summed E-state index contributed by atoms with van der Waals surface area (Å²) in [6.07, 6.45) is 2.40. The molecule has 1 unspecified atom stereocenters. The fraction of sp³-hybridized carbons (Fsp3) is 0.250. The molecule has 7 nitrogen and oxygen atoms in total. The number of urea groups is 1. The zero-order valence-electron chi connectivity index (χ0n) is 12.5. The first-order chi connectivity index (χ1) is 11.1. The summed E-state index contributed by atoms with van der Waals surface area (Å²) >= 11 is 0. The van der Waals surface area contributed by atoms with Crippen molar-refractivity contribution >= 4 is 17.8 Å². The number of amides is 2. The van der Waals surface area contributed by atoms with Crippen LogP contribution in [0.25, 0.3) is 0 Å². The Morgan fingerprint density at radius 3 is 2.57 bits per heavy atom. The summed E-state index contributed by atoms with van der Waals surface area (Å²) in [7, 11) is 0. The molecule has 3 N–H and O–H groups in total. The number of rotatable bonds is 7. The van der Waals surface area contributed by atoms with Gasteiger partial charge in [-0.1, -0.05) is 30.3 Å². The Balaban J connectivity index is 1.95. The summed E-state index contributed by atoms with van der Waals surface area (Å²) in [5, 5.41) is 21.7. The molecule has 0 bridgehead atoms. The van der Waals surface area contributed by atoms with E-state index in [1.165, 1.54) is 6.20 Å². The average Bonchev–Trinajstić information content (AvgIpc) is 2.54. The van der Waals surface area contributed by atoms with E-state index in [2.05, 4.69) is 20.8 Å². The lowest BCUT2D eigenvalue weighted by molar-refractivity contribution is -0.137. The van der Waals surface area contributed by atoms with Gasteiger partial charge >= 0.3 is 12.0 Å². The standard InChI is InChI=1S/C16H18N4O3/c21-15(22)9-8-13(11-12-5-2-1-3-6-12)18-16(23)19-14-7-4-10-17-20-14/h1-7,10,13H,8-9,11H2,(H,21,22)(H2,18,19,20,23). The number of aliphatic carboxylic acids is 1. The third-order valence-electron chi connectivity index (χ3n) is 3.18. The molecule has 23 heavy (non-hydrogen) atoms. The largest absolute Gasteiger partial charge is 0.481 e. The number of benzene rings is 1. The number of carboxylic acid groups (broad SMARTS) is 1. The summed E-state index contributed by atoms with van der Waals surface area (Å²) in [5.41, 5.74) is 1.03. The second kappa shape index (κ2) is 8.47. The molecule has 1 atom stereocenters. The van der Waals surface area contributed by atoms with Gasteiger partial charge in [0.2, 0.25) is 0 Å². The monoisotopic (exact) mass is 314 g/mol. The van der Waals surface area contributed by atoms with Gasteiger partial charge in [-0.3, -0.25) is 10.1 Å². The van der Waals surface area contributed by atoms with E-state index in [9.17, 15) is 9.59 Å². The van der Waals surface area contributed by atoms with Gasteiger partial charge in [-0.2, -0.15) is 5.10 Å². The third-order valence-corrected chi connectivity index (χ3v) is 3.18. The molecule has 1 aromatic heterocycles. The number of aromatic nitrogens is 2. The van der Waals surface area contributed by atoms with Crippen molar-refractivity contribution in [3.63, 3.8) is 0 Å². The molecule has 0 saturated carbocycles. The number of carbonyl (C=O) groups is 2. The molecule has 0 saturated heterocycles. The Kier molecular flexibility index (Phi) is 6.05. The van der Waals surface area contributed by atoms with Crippen LogP contribution < -0.4 is 10.6 Å². The van der Waals surface area contributed by atoms with Crippen LogP contribution in [0.15, 0.2) is 48.7 Å². The molecule has 0 aliphatic heterocycles. The van der Waals surface area contributed by atoms with Crippen molar-refractivity contribution in [1.82, 2.24) is 15.5 Å². The van der Waals surface area contributed by atoms with Crippen molar-refractivity contribution in [2.75, 3.05) is 5.32 Å². The first-order valence-corrected chi connectivity index (χ1v) is 7.24. The van der Waals surface area contributed by atoms with E-state index in [1.54, 1.807) is 12.1 Å². The molecule has 2 amide bonds. The summed E-state index contributed by atoms with van der Waals surface area (Å²) < 4.78 is 0. The summed E-state index contributed by atoms with van der Waals surface area (Å²) in [4.78, 5) is 22.8. The van der Waals surface area contributed by atoms with Gasteiger partial charge in [-0.05, 0) is 30.5 Å². The van der Waals surface area contributed by atoms with E-state index in [0.717, 1.165) is 5.56 Å². The first kappa shape index (κ1) is 16.4. The summed E-state index contributed by atoms with van der Waals surface area (Å²) in [6, 6.07) is 12.2. The highest BCUT2D eigenvalue weighted by molar-refractivity contribution is 5.88. The van der Waals surface area contributed by atoms with Gasteiger partial charge < -0.3 is 10.4 Å². The van der Waals surface area contributed by atoms with E-state index in [1.807, 2.05) is 30.3 Å². The molecule has 0 spiro atoms. The minimum absolute atomic E-state index is 0.0110. The van der Waals surface area contributed by atoms with Crippen LogP contribution in [0.3, 0.4) is 0 Å². The minimum atomic E-state index is -0.890. The normalized spacial score (nSPS) is 11.5. The number of anilines is 1. The summed E-state index contributed by atoms with van der Waals surface area (Å²) in [5.74, 6) is -0.555. The second-order valence-electron chi connectivity index (χ2n) is 5.03. The lowest BCUT2D eigenvalue weighted by Crippen LogP contribution is -2.39. The molecule has 120 valence electrons. The molecule has 1 heterocycles. The molecule has 2 rings (SSSR count). The van der Waals surface area contributed by atoms with Gasteiger partial charge in [-0.15, -0.1) is 5.10 Å². The van der Waals surface area contributed by atoms with Gasteiger partial charge in [-0.25, -0.2) is 4.79 Å². The van der Waals surface area contributed by atoms with Gasteiger partial charge in [0.1, 0.15) is 0 Å². The molecule has 0 aliphatic carbocycles. The Morgan fingerprint density at radius 2 is 1.91 bits per heavy atom. The number of hydrogen-bond donors (Lipinski definition) is 3. The maximum atomic E-state index is 12.0. The zero-order chi connectivity index (χ0) is 16.5. The van der Waals surface area contributed by atoms with Crippen LogP contribution in [-0.4, -0.2) is 33.3 Å². The molecule has 1 aromatic carbocycles. The van der Waals surface area contributed by atoms with Gasteiger partial charge in [0.15, 0.2) is 5.82 Å². The summed E-state index contributed by atoms with van der Waals surface area (Å²) in [6.45, 7) is 0. The topological polar surface area (TPSA) is 104 Å². The second-order valence-corrected chi connectivity index (χ2v) is 5.03. The van der Waals surface area contributed by atoms with Crippen LogP contribution in [0, 0.1) is 0 Å². The number of nitrogens with zero attached hydrogens (tertiary/aromatic N) is 2. The fourth-order valence-corrected chi connectivity index (χ4v) is 2.13. The van der Waals surface area contributed by atoms with Crippen LogP contribution in [0.4, 0.5) is 10.6 Å². The maximum absolute atomic E-state index is 12.0. The molecular formula is C16H18N4O3. The predicted octanol–water partition coefficient (Wildman–Crippen LogP) is 2.07. The van der Waals surface area contributed by atoms with E-state index < -0.39 is 12.0 Å². The van der Waals surface area contributed by atoms with Crippen LogP contribution in [-0.2, 0) is 11.2 Å². The van der Waals surface area contributed by atoms with Crippen LogP contribution in [0.2, 0.25) is 0 Å². The van der Waals surface area contributed by atoms with Gasteiger partial charge in [0.05, 0.1) is 0 Å². The molecule has 2 aromatic rings. The quantitative estimate of drug-likeness (QED) is 0.726. The van der Waals surface area contributed by atoms with Crippen molar-refractivity contribution in [3.05, 3.63) is 54.2 Å². The van der Waals surface area contributed by atoms with Crippen molar-refractivity contribution < 1.29 is 14.7 Å². The third kappa shape index (κ3) is 6.13. The van der Waals surface area contributed by atoms with E-state index in [4.69, 9.17) is 5.11 Å². The van der Waals surface area contributed by atoms with Gasteiger partial charge in [0, 0.05) is 18.7 Å². The van der Waals surface area contributed by atoms with Crippen LogP contribution >= 0.6 is 0 Å². The predicted molar refractivity (Wildman–Crippen MR) is 85.0 cm³/mol. The van der Waals surface area contributed by atoms with Crippen LogP contribution in [0.5, 0.6) is 0 Å². The Labute approximate surface area is 133 Å². The lowest BCUT2D eigenvalue weighted by Gasteiger charge is -2.18. The molecular weight excluding hydrogens is 296 g/mol. The number of hydrogen-bond acceptors (Lipinski definition) is 4. The SMILES string of the molecule is O=C(O)CCC(Cc1ccccc1)NC(=O)Nc1cccnn1. The Hall–Kier alpha value is -2.96. The van der Waals surface area contributed by atoms with E-state index in [-0.39, 0.29) is 12.5 Å². The maximum Gasteiger partial charge on any atom is 0.320 e. The molecule has 0 fully saturated rings. The van der Waals surface area contributed by atoms with Crippen LogP contribution in [0.1, 0.15) is 18.4 Å². The van der Waals surface area contributed by atoms with Crippen molar-refractivity contribution in [2.45, 2.75) is 25.3 Å². The number of carbonyl (C=O) groups excluding carboxylic acids is 1. The first-order valence-electron chi connectivity index (χ1n) is 7.24. The molecule has 0 aliphatic rings. The van der Waals surface area contributed by atoms with E-state index >= 15 is 0 Å².